The smallest absolute Gasteiger partial charge is 0.00420 e. The summed E-state index contributed by atoms with van der Waals surface area (Å²) in [5.41, 5.74) is 5.04. The van der Waals surface area contributed by atoms with Crippen LogP contribution in [0.15, 0.2) is 60.7 Å². The van der Waals surface area contributed by atoms with Gasteiger partial charge in [-0.2, -0.15) is 0 Å². The van der Waals surface area contributed by atoms with Crippen LogP contribution in [0.3, 0.4) is 0 Å². The van der Waals surface area contributed by atoms with Crippen LogP contribution in [0, 0.1) is 0 Å². The van der Waals surface area contributed by atoms with E-state index in [4.69, 9.17) is 0 Å². The third-order valence-corrected chi connectivity index (χ3v) is 12.4. The second-order valence-electron chi connectivity index (χ2n) is 7.21. The molecule has 0 bridgehead atoms. The number of rotatable bonds is 5. The lowest BCUT2D eigenvalue weighted by atomic mass is 10.1. The molecule has 2 aliphatic heterocycles. The van der Waals surface area contributed by atoms with Gasteiger partial charge in [0.25, 0.3) is 0 Å². The normalized spacial score (nSPS) is 29.8. The van der Waals surface area contributed by atoms with Gasteiger partial charge in [-0.05, 0) is 61.5 Å². The first-order chi connectivity index (χ1) is 11.9. The van der Waals surface area contributed by atoms with Gasteiger partial charge in [0, 0.05) is 11.3 Å². The SMILES string of the molecule is c1ccc(C2CCCP2CCP2CCCC2c2ccccc2)cc1. The Bertz CT molecular complexity index is 567. The van der Waals surface area contributed by atoms with Crippen molar-refractivity contribution >= 4 is 15.8 Å². The van der Waals surface area contributed by atoms with Crippen molar-refractivity contribution in [3.8, 4) is 0 Å². The van der Waals surface area contributed by atoms with Crippen molar-refractivity contribution in [3.63, 3.8) is 0 Å². The van der Waals surface area contributed by atoms with Gasteiger partial charge >= 0.3 is 0 Å². The molecule has 0 aliphatic carbocycles. The number of hydrogen-bond acceptors (Lipinski definition) is 0. The van der Waals surface area contributed by atoms with E-state index >= 15 is 0 Å². The van der Waals surface area contributed by atoms with Crippen molar-refractivity contribution < 1.29 is 0 Å². The maximum absolute atomic E-state index is 2.37. The molecular formula is C22H28P2. The molecule has 2 aliphatic rings. The zero-order chi connectivity index (χ0) is 16.2. The largest absolute Gasteiger partial charge is 0.0987 e. The first-order valence-corrected chi connectivity index (χ1v) is 13.1. The molecule has 2 fully saturated rings. The quantitative estimate of drug-likeness (QED) is 0.506. The first-order valence-electron chi connectivity index (χ1n) is 9.50. The second-order valence-corrected chi connectivity index (χ2v) is 12.6. The molecule has 24 heavy (non-hydrogen) atoms. The molecule has 2 heteroatoms. The predicted molar refractivity (Wildman–Crippen MR) is 110 cm³/mol. The van der Waals surface area contributed by atoms with Crippen LogP contribution in [-0.4, -0.2) is 24.6 Å². The summed E-state index contributed by atoms with van der Waals surface area (Å²) in [7, 11) is 0.455. The minimum absolute atomic E-state index is 0.227. The highest BCUT2D eigenvalue weighted by Crippen LogP contribution is 2.64. The van der Waals surface area contributed by atoms with Crippen molar-refractivity contribution in [2.75, 3.05) is 24.6 Å². The van der Waals surface area contributed by atoms with Gasteiger partial charge in [0.15, 0.2) is 0 Å². The third kappa shape index (κ3) is 3.76. The molecule has 2 aromatic carbocycles. The van der Waals surface area contributed by atoms with Crippen molar-refractivity contribution in [1.29, 1.82) is 0 Å². The van der Waals surface area contributed by atoms with Crippen LogP contribution in [0.4, 0.5) is 0 Å². The second kappa shape index (κ2) is 8.12. The van der Waals surface area contributed by atoms with E-state index in [1.54, 1.807) is 11.1 Å². The lowest BCUT2D eigenvalue weighted by Crippen LogP contribution is -2.01. The summed E-state index contributed by atoms with van der Waals surface area (Å²) >= 11 is 0. The number of hydrogen-bond donors (Lipinski definition) is 0. The minimum Gasteiger partial charge on any atom is -0.0987 e. The first kappa shape index (κ1) is 16.8. The Kier molecular flexibility index (Phi) is 5.67. The van der Waals surface area contributed by atoms with E-state index in [2.05, 4.69) is 60.7 Å². The van der Waals surface area contributed by atoms with Crippen molar-refractivity contribution in [1.82, 2.24) is 0 Å². The van der Waals surface area contributed by atoms with Crippen LogP contribution in [0.1, 0.15) is 48.1 Å². The average Bonchev–Trinajstić information content (AvgIpc) is 3.30. The highest BCUT2D eigenvalue weighted by molar-refractivity contribution is 7.62. The average molecular weight is 354 g/mol. The molecule has 4 atom stereocenters. The molecule has 126 valence electrons. The van der Waals surface area contributed by atoms with Gasteiger partial charge in [0.1, 0.15) is 0 Å². The summed E-state index contributed by atoms with van der Waals surface area (Å²) in [4.78, 5) is 0. The fourth-order valence-corrected chi connectivity index (χ4v) is 11.8. The third-order valence-electron chi connectivity index (χ3n) is 5.77. The van der Waals surface area contributed by atoms with Crippen molar-refractivity contribution in [3.05, 3.63) is 71.8 Å². The van der Waals surface area contributed by atoms with Crippen LogP contribution in [-0.2, 0) is 0 Å². The number of benzene rings is 2. The zero-order valence-corrected chi connectivity index (χ0v) is 16.3. The van der Waals surface area contributed by atoms with Crippen LogP contribution >= 0.6 is 15.8 Å². The van der Waals surface area contributed by atoms with Crippen LogP contribution in [0.2, 0.25) is 0 Å². The molecule has 4 rings (SSSR count). The van der Waals surface area contributed by atoms with E-state index in [1.165, 1.54) is 50.3 Å². The Labute approximate surface area is 149 Å². The Morgan fingerprint density at radius 1 is 0.625 bits per heavy atom. The Morgan fingerprint density at radius 3 is 1.46 bits per heavy atom. The van der Waals surface area contributed by atoms with E-state index in [0.29, 0.717) is 0 Å². The van der Waals surface area contributed by atoms with Gasteiger partial charge in [-0.25, -0.2) is 0 Å². The van der Waals surface area contributed by atoms with Crippen molar-refractivity contribution in [2.45, 2.75) is 37.0 Å². The molecule has 0 amide bonds. The van der Waals surface area contributed by atoms with E-state index in [0.717, 1.165) is 11.3 Å². The molecule has 2 aromatic rings. The monoisotopic (exact) mass is 354 g/mol. The molecule has 0 aromatic heterocycles. The molecule has 0 nitrogen and oxygen atoms in total. The van der Waals surface area contributed by atoms with Gasteiger partial charge in [-0.3, -0.25) is 0 Å². The molecule has 0 radical (unpaired) electrons. The lowest BCUT2D eigenvalue weighted by Gasteiger charge is -2.25. The highest BCUT2D eigenvalue weighted by Gasteiger charge is 2.31. The topological polar surface area (TPSA) is 0 Å². The predicted octanol–water partition coefficient (Wildman–Crippen LogP) is 7.02. The van der Waals surface area contributed by atoms with E-state index in [1.807, 2.05) is 0 Å². The fourth-order valence-electron chi connectivity index (χ4n) is 4.55. The zero-order valence-electron chi connectivity index (χ0n) is 14.5. The summed E-state index contributed by atoms with van der Waals surface area (Å²) in [6.07, 6.45) is 11.9. The summed E-state index contributed by atoms with van der Waals surface area (Å²) in [6, 6.07) is 22.7. The standard InChI is InChI=1S/C22H28P2/c1-3-9-19(10-4-1)21-13-7-15-23(21)17-18-24-16-8-14-22(24)20-11-5-2-6-12-20/h1-6,9-12,21-22H,7-8,13-18H2. The molecular weight excluding hydrogens is 326 g/mol. The van der Waals surface area contributed by atoms with Crippen LogP contribution < -0.4 is 0 Å². The van der Waals surface area contributed by atoms with Crippen LogP contribution in [0.5, 0.6) is 0 Å². The van der Waals surface area contributed by atoms with Gasteiger partial charge < -0.3 is 0 Å². The Morgan fingerprint density at radius 2 is 1.04 bits per heavy atom. The van der Waals surface area contributed by atoms with E-state index < -0.39 is 0 Å². The van der Waals surface area contributed by atoms with Gasteiger partial charge in [0.2, 0.25) is 0 Å². The Balaban J connectivity index is 1.39. The van der Waals surface area contributed by atoms with Gasteiger partial charge in [-0.15, -0.1) is 0 Å². The molecule has 4 unspecified atom stereocenters. The molecule has 0 spiro atoms. The van der Waals surface area contributed by atoms with E-state index in [9.17, 15) is 0 Å². The van der Waals surface area contributed by atoms with Gasteiger partial charge in [0.05, 0.1) is 0 Å². The minimum atomic E-state index is 0.227. The maximum atomic E-state index is 2.37. The molecule has 2 heterocycles. The lowest BCUT2D eigenvalue weighted by molar-refractivity contribution is 0.825. The maximum Gasteiger partial charge on any atom is 0.00420 e. The molecule has 0 saturated carbocycles. The molecule has 0 N–H and O–H groups in total. The van der Waals surface area contributed by atoms with Crippen LogP contribution in [0.25, 0.3) is 0 Å². The summed E-state index contributed by atoms with van der Waals surface area (Å²) < 4.78 is 0. The fraction of sp³-hybridized carbons (Fsp3) is 0.455. The summed E-state index contributed by atoms with van der Waals surface area (Å²) in [5.74, 6) is 0. The summed E-state index contributed by atoms with van der Waals surface area (Å²) in [5, 5.41) is 0. The van der Waals surface area contributed by atoms with Gasteiger partial charge in [-0.1, -0.05) is 76.5 Å². The van der Waals surface area contributed by atoms with Crippen molar-refractivity contribution in [2.24, 2.45) is 0 Å². The van der Waals surface area contributed by atoms with E-state index in [-0.39, 0.29) is 15.8 Å². The highest BCUT2D eigenvalue weighted by atomic mass is 31.1. The molecule has 2 saturated heterocycles. The summed E-state index contributed by atoms with van der Waals surface area (Å²) in [6.45, 7) is 0. The Hall–Kier alpha value is -0.700.